The van der Waals surface area contributed by atoms with Gasteiger partial charge in [-0.25, -0.2) is 0 Å². The Kier molecular flexibility index (Phi) is 3.47. The molecule has 44 heavy (non-hydrogen) atoms. The Morgan fingerprint density at radius 3 is 1.59 bits per heavy atom. The molecule has 0 unspecified atom stereocenters. The molecule has 2 heteroatoms. The van der Waals surface area contributed by atoms with Gasteiger partial charge in [0, 0.05) is 21.5 Å². The first-order valence-corrected chi connectivity index (χ1v) is 14.4. The van der Waals surface area contributed by atoms with Gasteiger partial charge >= 0.3 is 0 Å². The summed E-state index contributed by atoms with van der Waals surface area (Å²) < 4.78 is 84.6. The van der Waals surface area contributed by atoms with Crippen molar-refractivity contribution in [1.29, 1.82) is 0 Å². The molecule has 0 amide bonds. The maximum Gasteiger partial charge on any atom is 0.136 e. The van der Waals surface area contributed by atoms with Crippen LogP contribution in [-0.4, -0.2) is 0 Å². The molecule has 0 aliphatic rings. The molecule has 0 saturated carbocycles. The van der Waals surface area contributed by atoms with E-state index in [0.717, 1.165) is 37.9 Å². The van der Waals surface area contributed by atoms with Crippen molar-refractivity contribution in [2.24, 2.45) is 0 Å². The van der Waals surface area contributed by atoms with Gasteiger partial charge in [0.05, 0.1) is 11.0 Å². The van der Waals surface area contributed by atoms with Crippen LogP contribution in [0, 0.1) is 0 Å². The van der Waals surface area contributed by atoms with E-state index in [9.17, 15) is 5.48 Å². The van der Waals surface area contributed by atoms with Gasteiger partial charge < -0.3 is 8.83 Å². The van der Waals surface area contributed by atoms with E-state index in [1.807, 2.05) is 91.0 Å². The summed E-state index contributed by atoms with van der Waals surface area (Å²) in [6.07, 6.45) is 0. The third-order valence-electron chi connectivity index (χ3n) is 8.68. The van der Waals surface area contributed by atoms with E-state index < -0.39 is 24.2 Å². The Labute approximate surface area is 263 Å². The second-order valence-electron chi connectivity index (χ2n) is 11.0. The summed E-state index contributed by atoms with van der Waals surface area (Å²) in [7, 11) is 0. The van der Waals surface area contributed by atoms with E-state index in [2.05, 4.69) is 0 Å². The molecule has 0 bridgehead atoms. The zero-order valence-electron chi connectivity index (χ0n) is 31.1. The molecule has 0 aliphatic carbocycles. The summed E-state index contributed by atoms with van der Waals surface area (Å²) in [5, 5.41) is 6.03. The molecule has 0 fully saturated rings. The highest BCUT2D eigenvalue weighted by Crippen LogP contribution is 2.46. The number of hydrogen-bond donors (Lipinski definition) is 0. The van der Waals surface area contributed by atoms with E-state index in [0.29, 0.717) is 33.4 Å². The first-order valence-electron chi connectivity index (χ1n) is 18.4. The van der Waals surface area contributed by atoms with Gasteiger partial charge in [-0.05, 0) is 91.0 Å². The van der Waals surface area contributed by atoms with Gasteiger partial charge in [-0.15, -0.1) is 0 Å². The molecular weight excluding hydrogens is 536 g/mol. The molecule has 0 radical (unpaired) electrons. The number of furan rings is 2. The maximum atomic E-state index is 9.28. The Balaban J connectivity index is 1.39. The van der Waals surface area contributed by atoms with Crippen molar-refractivity contribution in [2.75, 3.05) is 0 Å². The minimum atomic E-state index is -0.442. The van der Waals surface area contributed by atoms with Gasteiger partial charge in [0.15, 0.2) is 0 Å². The molecule has 10 rings (SSSR count). The van der Waals surface area contributed by atoms with Crippen molar-refractivity contribution in [3.8, 4) is 22.3 Å². The van der Waals surface area contributed by atoms with E-state index in [1.54, 1.807) is 6.07 Å². The lowest BCUT2D eigenvalue weighted by Crippen LogP contribution is -1.91. The molecule has 2 heterocycles. The van der Waals surface area contributed by atoms with Gasteiger partial charge in [0.1, 0.15) is 22.3 Å². The van der Waals surface area contributed by atoms with Gasteiger partial charge in [-0.1, -0.05) is 109 Å². The summed E-state index contributed by atoms with van der Waals surface area (Å²) in [5.74, 6) is 0. The van der Waals surface area contributed by atoms with Gasteiger partial charge in [0.2, 0.25) is 0 Å². The van der Waals surface area contributed by atoms with Gasteiger partial charge in [-0.2, -0.15) is 0 Å². The standard InChI is InChI=1S/C42H24O2/c1-2-10-26-23-27(18-17-25(26)9-1)39-29-11-3-5-13-31(29)40(32-14-6-4-12-30(32)39)28-19-20-34-38(24-28)44-37-22-21-36-41(42(34)37)33-15-7-8-16-35(33)43-36/h1-24H/i3D,4D,5D,6D,11D,12D,13D,14D. The molecule has 0 atom stereocenters. The fourth-order valence-electron chi connectivity index (χ4n) is 6.78. The largest absolute Gasteiger partial charge is 0.456 e. The average Bonchev–Trinajstić information content (AvgIpc) is 3.74. The Bertz CT molecular complexity index is 3150. The lowest BCUT2D eigenvalue weighted by atomic mass is 9.85. The van der Waals surface area contributed by atoms with Crippen molar-refractivity contribution >= 4 is 76.2 Å². The molecule has 0 N–H and O–H groups in total. The summed E-state index contributed by atoms with van der Waals surface area (Å²) in [6, 6.07) is 27.4. The highest BCUT2D eigenvalue weighted by atomic mass is 16.3. The number of para-hydroxylation sites is 1. The summed E-state index contributed by atoms with van der Waals surface area (Å²) in [6.45, 7) is 0. The van der Waals surface area contributed by atoms with E-state index in [-0.39, 0.29) is 51.3 Å². The van der Waals surface area contributed by atoms with Crippen LogP contribution < -0.4 is 0 Å². The minimum Gasteiger partial charge on any atom is -0.456 e. The Morgan fingerprint density at radius 2 is 0.909 bits per heavy atom. The lowest BCUT2D eigenvalue weighted by molar-refractivity contribution is 0.663. The molecule has 2 nitrogen and oxygen atoms in total. The first-order chi connectivity index (χ1) is 25.1. The van der Waals surface area contributed by atoms with E-state index >= 15 is 0 Å². The molecule has 2 aromatic heterocycles. The average molecular weight is 569 g/mol. The van der Waals surface area contributed by atoms with Crippen LogP contribution in [0.1, 0.15) is 11.0 Å². The highest BCUT2D eigenvalue weighted by Gasteiger charge is 2.20. The quantitative estimate of drug-likeness (QED) is 0.194. The van der Waals surface area contributed by atoms with Crippen LogP contribution >= 0.6 is 0 Å². The molecule has 0 saturated heterocycles. The van der Waals surface area contributed by atoms with Gasteiger partial charge in [0.25, 0.3) is 0 Å². The predicted octanol–water partition coefficient (Wildman–Crippen LogP) is 12.3. The summed E-state index contributed by atoms with van der Waals surface area (Å²) >= 11 is 0. The second-order valence-corrected chi connectivity index (χ2v) is 11.0. The molecular formula is C42H24O2. The van der Waals surface area contributed by atoms with Crippen molar-refractivity contribution in [3.05, 3.63) is 145 Å². The third kappa shape index (κ3) is 3.25. The Morgan fingerprint density at radius 1 is 0.386 bits per heavy atom. The monoisotopic (exact) mass is 568 g/mol. The predicted molar refractivity (Wildman–Crippen MR) is 184 cm³/mol. The summed E-state index contributed by atoms with van der Waals surface area (Å²) in [5.41, 5.74) is 4.25. The van der Waals surface area contributed by atoms with Crippen LogP contribution in [-0.2, 0) is 0 Å². The van der Waals surface area contributed by atoms with Crippen molar-refractivity contribution in [3.63, 3.8) is 0 Å². The minimum absolute atomic E-state index is 0.158. The number of fused-ring (bicyclic) bond motifs is 10. The lowest BCUT2D eigenvalue weighted by Gasteiger charge is -2.18. The van der Waals surface area contributed by atoms with Crippen molar-refractivity contribution in [1.82, 2.24) is 0 Å². The molecule has 0 aliphatic heterocycles. The number of benzene rings is 8. The summed E-state index contributed by atoms with van der Waals surface area (Å²) in [4.78, 5) is 0. The van der Waals surface area contributed by atoms with Gasteiger partial charge in [-0.3, -0.25) is 0 Å². The fourth-order valence-corrected chi connectivity index (χ4v) is 6.78. The number of rotatable bonds is 2. The van der Waals surface area contributed by atoms with Crippen LogP contribution in [0.2, 0.25) is 0 Å². The van der Waals surface area contributed by atoms with Crippen LogP contribution in [0.25, 0.3) is 98.4 Å². The fraction of sp³-hybridized carbons (Fsp3) is 0. The zero-order valence-corrected chi connectivity index (χ0v) is 23.1. The van der Waals surface area contributed by atoms with Crippen LogP contribution in [0.4, 0.5) is 0 Å². The molecule has 8 aromatic carbocycles. The van der Waals surface area contributed by atoms with E-state index in [1.165, 1.54) is 0 Å². The topological polar surface area (TPSA) is 26.3 Å². The first kappa shape index (κ1) is 17.3. The van der Waals surface area contributed by atoms with E-state index in [4.69, 9.17) is 14.3 Å². The SMILES string of the molecule is [2H]c1c([2H])c([2H])c2c(-c3ccc4c(c3)oc3ccc5oc6ccccc6c5c34)c3c([2H])c([2H])c([2H])c([2H])c3c(-c3ccc4ccccc4c3)c2c1[2H]. The smallest absolute Gasteiger partial charge is 0.136 e. The van der Waals surface area contributed by atoms with Crippen LogP contribution in [0.15, 0.2) is 154 Å². The van der Waals surface area contributed by atoms with Crippen LogP contribution in [0.3, 0.4) is 0 Å². The Hall–Kier alpha value is -5.86. The van der Waals surface area contributed by atoms with Crippen molar-refractivity contribution in [2.45, 2.75) is 0 Å². The molecule has 204 valence electrons. The third-order valence-corrected chi connectivity index (χ3v) is 8.68. The van der Waals surface area contributed by atoms with Crippen LogP contribution in [0.5, 0.6) is 0 Å². The molecule has 10 aromatic rings. The number of hydrogen-bond acceptors (Lipinski definition) is 2. The zero-order chi connectivity index (χ0) is 35.7. The maximum absolute atomic E-state index is 9.28. The normalized spacial score (nSPS) is 14.6. The highest BCUT2D eigenvalue weighted by molar-refractivity contribution is 6.27. The second kappa shape index (κ2) is 8.82. The van der Waals surface area contributed by atoms with Crippen molar-refractivity contribution < 1.29 is 19.8 Å². The molecule has 0 spiro atoms.